The first-order chi connectivity index (χ1) is 16.4. The van der Waals surface area contributed by atoms with Crippen molar-refractivity contribution < 1.29 is 31.9 Å². The van der Waals surface area contributed by atoms with Gasteiger partial charge >= 0.3 is 6.18 Å². The number of primary amides is 1. The Bertz CT molecular complexity index is 1190. The summed E-state index contributed by atoms with van der Waals surface area (Å²) in [6, 6.07) is 6.00. The second-order valence-corrected chi connectivity index (χ2v) is 8.10. The Balaban J connectivity index is 2.12. The SMILES string of the molecule is CN=C/C=C(\N)C(=O)NC[C@H](c1cc2c(c(-c3ccc(F)cc3)n1)OC[C@]2(C)C(N)=O)C(F)(F)F. The summed E-state index contributed by atoms with van der Waals surface area (Å²) in [6.07, 6.45) is -2.47. The van der Waals surface area contributed by atoms with E-state index in [1.165, 1.54) is 32.3 Å². The maximum atomic E-state index is 14.1. The Morgan fingerprint density at radius 3 is 2.51 bits per heavy atom. The summed E-state index contributed by atoms with van der Waals surface area (Å²) in [5.41, 5.74) is 9.24. The quantitative estimate of drug-likeness (QED) is 0.309. The maximum Gasteiger partial charge on any atom is 0.398 e. The van der Waals surface area contributed by atoms with Crippen molar-refractivity contribution in [3.8, 4) is 17.0 Å². The summed E-state index contributed by atoms with van der Waals surface area (Å²) in [7, 11) is 1.43. The number of allylic oxidation sites excluding steroid dienone is 1. The van der Waals surface area contributed by atoms with Crippen molar-refractivity contribution in [2.24, 2.45) is 16.5 Å². The van der Waals surface area contributed by atoms with Gasteiger partial charge in [-0.25, -0.2) is 9.37 Å². The highest BCUT2D eigenvalue weighted by molar-refractivity contribution is 5.96. The van der Waals surface area contributed by atoms with E-state index in [9.17, 15) is 27.2 Å². The van der Waals surface area contributed by atoms with Crippen molar-refractivity contribution in [2.45, 2.75) is 24.4 Å². The number of aliphatic imine (C=N–C) groups is 1. The molecule has 1 aromatic heterocycles. The first-order valence-corrected chi connectivity index (χ1v) is 10.4. The molecule has 0 spiro atoms. The van der Waals surface area contributed by atoms with Gasteiger partial charge in [0.2, 0.25) is 5.91 Å². The standard InChI is InChI=1S/C23H23F4N5O3/c1-22(21(29)34)11-35-19-14(22)9-17(32-18(19)12-3-5-13(24)6-4-12)15(23(25,26)27)10-31-20(33)16(28)7-8-30-2/h3-9,15H,10-11,28H2,1-2H3,(H2,29,34)(H,31,33)/b16-7-,30-8?/t15-,22+/m1/s1. The van der Waals surface area contributed by atoms with Crippen molar-refractivity contribution in [3.63, 3.8) is 0 Å². The van der Waals surface area contributed by atoms with E-state index in [2.05, 4.69) is 15.3 Å². The molecule has 186 valence electrons. The van der Waals surface area contributed by atoms with Gasteiger partial charge in [0.1, 0.15) is 35.2 Å². The van der Waals surface area contributed by atoms with Crippen molar-refractivity contribution >= 4 is 18.0 Å². The Morgan fingerprint density at radius 1 is 1.29 bits per heavy atom. The van der Waals surface area contributed by atoms with E-state index in [-0.39, 0.29) is 34.9 Å². The number of aromatic nitrogens is 1. The van der Waals surface area contributed by atoms with Crippen molar-refractivity contribution in [1.29, 1.82) is 0 Å². The van der Waals surface area contributed by atoms with Crippen LogP contribution in [0.1, 0.15) is 24.1 Å². The highest BCUT2D eigenvalue weighted by Gasteiger charge is 2.47. The van der Waals surface area contributed by atoms with E-state index in [1.54, 1.807) is 0 Å². The molecule has 0 saturated heterocycles. The summed E-state index contributed by atoms with van der Waals surface area (Å²) in [4.78, 5) is 32.1. The highest BCUT2D eigenvalue weighted by atomic mass is 19.4. The fourth-order valence-corrected chi connectivity index (χ4v) is 3.50. The molecule has 8 nitrogen and oxygen atoms in total. The van der Waals surface area contributed by atoms with Gasteiger partial charge in [-0.15, -0.1) is 0 Å². The smallest absolute Gasteiger partial charge is 0.398 e. The van der Waals surface area contributed by atoms with Crippen LogP contribution in [-0.2, 0) is 15.0 Å². The highest BCUT2D eigenvalue weighted by Crippen LogP contribution is 2.46. The number of fused-ring (bicyclic) bond motifs is 1. The average Bonchev–Trinajstić information content (AvgIpc) is 3.14. The normalized spacial score (nSPS) is 18.7. The van der Waals surface area contributed by atoms with Crippen LogP contribution in [0.5, 0.6) is 5.75 Å². The predicted molar refractivity (Wildman–Crippen MR) is 120 cm³/mol. The zero-order valence-electron chi connectivity index (χ0n) is 18.8. The first kappa shape index (κ1) is 25.7. The Labute approximate surface area is 198 Å². The molecular formula is C23H23F4N5O3. The lowest BCUT2D eigenvalue weighted by atomic mass is 9.82. The van der Waals surface area contributed by atoms with E-state index in [1.807, 2.05) is 0 Å². The molecule has 35 heavy (non-hydrogen) atoms. The zero-order valence-corrected chi connectivity index (χ0v) is 18.8. The van der Waals surface area contributed by atoms with Gasteiger partial charge in [0.05, 0.1) is 11.4 Å². The summed E-state index contributed by atoms with van der Waals surface area (Å²) in [5.74, 6) is -4.46. The third-order valence-electron chi connectivity index (χ3n) is 5.64. The van der Waals surface area contributed by atoms with E-state index >= 15 is 0 Å². The largest absolute Gasteiger partial charge is 0.489 e. The summed E-state index contributed by atoms with van der Waals surface area (Å²) in [5, 5.41) is 2.15. The number of hydrogen-bond acceptors (Lipinski definition) is 6. The maximum absolute atomic E-state index is 14.1. The molecule has 1 aromatic carbocycles. The zero-order chi connectivity index (χ0) is 26.0. The van der Waals surface area contributed by atoms with Crippen LogP contribution in [-0.4, -0.2) is 49.4 Å². The number of ether oxygens (including phenoxy) is 1. The molecule has 1 aliphatic rings. The minimum atomic E-state index is -4.83. The molecule has 2 amide bonds. The van der Waals surface area contributed by atoms with Crippen LogP contribution in [0.4, 0.5) is 17.6 Å². The monoisotopic (exact) mass is 493 g/mol. The number of halogens is 4. The number of carbonyl (C=O) groups excluding carboxylic acids is 2. The third kappa shape index (κ3) is 5.26. The number of pyridine rings is 1. The van der Waals surface area contributed by atoms with Gasteiger partial charge < -0.3 is 21.5 Å². The number of rotatable bonds is 7. The second-order valence-electron chi connectivity index (χ2n) is 8.10. The predicted octanol–water partition coefficient (Wildman–Crippen LogP) is 2.33. The van der Waals surface area contributed by atoms with E-state index in [0.717, 1.165) is 24.3 Å². The molecule has 1 aliphatic heterocycles. The van der Waals surface area contributed by atoms with E-state index < -0.39 is 47.4 Å². The number of benzene rings is 1. The Morgan fingerprint density at radius 2 is 1.94 bits per heavy atom. The summed E-state index contributed by atoms with van der Waals surface area (Å²) < 4.78 is 61.5. The molecule has 0 aliphatic carbocycles. The van der Waals surface area contributed by atoms with Gasteiger partial charge in [0.25, 0.3) is 5.91 Å². The summed E-state index contributed by atoms with van der Waals surface area (Å²) >= 11 is 0. The molecule has 12 heteroatoms. The van der Waals surface area contributed by atoms with Crippen LogP contribution >= 0.6 is 0 Å². The van der Waals surface area contributed by atoms with Crippen LogP contribution in [0.3, 0.4) is 0 Å². The van der Waals surface area contributed by atoms with Gasteiger partial charge in [-0.2, -0.15) is 13.2 Å². The molecule has 2 heterocycles. The summed E-state index contributed by atoms with van der Waals surface area (Å²) in [6.45, 7) is 0.359. The third-order valence-corrected chi connectivity index (χ3v) is 5.64. The van der Waals surface area contributed by atoms with Gasteiger partial charge in [-0.1, -0.05) is 0 Å². The molecule has 2 aromatic rings. The van der Waals surface area contributed by atoms with Crippen LogP contribution < -0.4 is 21.5 Å². The van der Waals surface area contributed by atoms with E-state index in [0.29, 0.717) is 0 Å². The average molecular weight is 493 g/mol. The second kappa shape index (κ2) is 9.72. The molecule has 0 radical (unpaired) electrons. The number of hydrogen-bond donors (Lipinski definition) is 3. The number of amides is 2. The minimum absolute atomic E-state index is 0.0124. The first-order valence-electron chi connectivity index (χ1n) is 10.4. The number of nitrogens with two attached hydrogens (primary N) is 2. The molecule has 3 rings (SSSR count). The molecule has 0 bridgehead atoms. The number of alkyl halides is 3. The Kier molecular flexibility index (Phi) is 7.13. The number of nitrogens with zero attached hydrogens (tertiary/aromatic N) is 2. The fraction of sp³-hybridized carbons (Fsp3) is 0.304. The van der Waals surface area contributed by atoms with Crippen LogP contribution in [0, 0.1) is 5.82 Å². The van der Waals surface area contributed by atoms with Gasteiger partial charge in [-0.05, 0) is 43.3 Å². The molecule has 2 atom stereocenters. The van der Waals surface area contributed by atoms with Gasteiger partial charge in [0, 0.05) is 30.9 Å². The molecular weight excluding hydrogens is 470 g/mol. The lowest BCUT2D eigenvalue weighted by Gasteiger charge is -2.24. The van der Waals surface area contributed by atoms with Gasteiger partial charge in [-0.3, -0.25) is 14.6 Å². The molecule has 0 saturated carbocycles. The lowest BCUT2D eigenvalue weighted by Crippen LogP contribution is -2.40. The fourth-order valence-electron chi connectivity index (χ4n) is 3.50. The van der Waals surface area contributed by atoms with Gasteiger partial charge in [0.15, 0.2) is 0 Å². The molecule has 0 fully saturated rings. The van der Waals surface area contributed by atoms with Crippen LogP contribution in [0.25, 0.3) is 11.3 Å². The van der Waals surface area contributed by atoms with Crippen molar-refractivity contribution in [1.82, 2.24) is 10.3 Å². The van der Waals surface area contributed by atoms with Crippen LogP contribution in [0.15, 0.2) is 47.1 Å². The molecule has 5 N–H and O–H groups in total. The Hall–Kier alpha value is -3.96. The topological polar surface area (TPSA) is 133 Å². The minimum Gasteiger partial charge on any atom is -0.489 e. The van der Waals surface area contributed by atoms with Crippen molar-refractivity contribution in [3.05, 3.63) is 59.2 Å². The molecule has 0 unspecified atom stereocenters. The van der Waals surface area contributed by atoms with Crippen LogP contribution in [0.2, 0.25) is 0 Å². The van der Waals surface area contributed by atoms with E-state index in [4.69, 9.17) is 16.2 Å². The van der Waals surface area contributed by atoms with Crippen molar-refractivity contribution in [2.75, 3.05) is 20.2 Å². The number of nitrogens with one attached hydrogen (secondary N) is 1. The number of carbonyl (C=O) groups is 2. The lowest BCUT2D eigenvalue weighted by molar-refractivity contribution is -0.151.